The van der Waals surface area contributed by atoms with E-state index in [2.05, 4.69) is 10.1 Å². The van der Waals surface area contributed by atoms with Crippen LogP contribution in [0.5, 0.6) is 5.75 Å². The first kappa shape index (κ1) is 20.0. The second-order valence-electron chi connectivity index (χ2n) is 7.29. The van der Waals surface area contributed by atoms with E-state index in [4.69, 9.17) is 9.47 Å². The molecule has 0 aliphatic carbocycles. The van der Waals surface area contributed by atoms with Crippen LogP contribution in [0.1, 0.15) is 26.3 Å². The Kier molecular flexibility index (Phi) is 6.85. The molecular formula is C19H28N2O5. The van der Waals surface area contributed by atoms with Crippen molar-refractivity contribution in [2.75, 3.05) is 33.4 Å². The minimum absolute atomic E-state index is 0.0333. The summed E-state index contributed by atoms with van der Waals surface area (Å²) in [5.41, 5.74) is 0.371. The van der Waals surface area contributed by atoms with Gasteiger partial charge in [-0.1, -0.05) is 12.1 Å². The maximum atomic E-state index is 12.2. The first-order valence-corrected chi connectivity index (χ1v) is 8.76. The van der Waals surface area contributed by atoms with Crippen LogP contribution >= 0.6 is 0 Å². The smallest absolute Gasteiger partial charge is 0.410 e. The summed E-state index contributed by atoms with van der Waals surface area (Å²) < 4.78 is 15.9. The maximum Gasteiger partial charge on any atom is 0.410 e. The molecule has 26 heavy (non-hydrogen) atoms. The van der Waals surface area contributed by atoms with Crippen LogP contribution < -0.4 is 10.1 Å². The second kappa shape index (κ2) is 8.89. The molecule has 1 fully saturated rings. The lowest BCUT2D eigenvalue weighted by molar-refractivity contribution is -0.139. The van der Waals surface area contributed by atoms with Crippen molar-refractivity contribution in [2.24, 2.45) is 0 Å². The largest absolute Gasteiger partial charge is 0.492 e. The average Bonchev–Trinajstić information content (AvgIpc) is 2.60. The fourth-order valence-corrected chi connectivity index (χ4v) is 2.57. The molecule has 1 aromatic rings. The van der Waals surface area contributed by atoms with Crippen molar-refractivity contribution in [3.63, 3.8) is 0 Å². The monoisotopic (exact) mass is 364 g/mol. The molecular weight excluding hydrogens is 336 g/mol. The zero-order valence-electron chi connectivity index (χ0n) is 15.9. The van der Waals surface area contributed by atoms with Gasteiger partial charge in [-0.15, -0.1) is 0 Å². The zero-order valence-corrected chi connectivity index (χ0v) is 15.9. The van der Waals surface area contributed by atoms with Crippen LogP contribution in [0, 0.1) is 0 Å². The third-order valence-corrected chi connectivity index (χ3v) is 3.86. The lowest BCUT2D eigenvalue weighted by atomic mass is 10.1. The molecule has 1 amide bonds. The molecule has 0 spiro atoms. The summed E-state index contributed by atoms with van der Waals surface area (Å²) in [5.74, 6) is 0.446. The number of benzene rings is 1. The number of amides is 1. The van der Waals surface area contributed by atoms with Gasteiger partial charge in [-0.3, -0.25) is 4.79 Å². The van der Waals surface area contributed by atoms with Gasteiger partial charge < -0.3 is 24.4 Å². The van der Waals surface area contributed by atoms with Gasteiger partial charge in [0.2, 0.25) is 0 Å². The molecule has 144 valence electrons. The van der Waals surface area contributed by atoms with Gasteiger partial charge in [0.25, 0.3) is 0 Å². The molecule has 0 aromatic heterocycles. The number of ether oxygens (including phenoxy) is 3. The van der Waals surface area contributed by atoms with E-state index < -0.39 is 5.60 Å². The van der Waals surface area contributed by atoms with Crippen molar-refractivity contribution >= 4 is 12.1 Å². The van der Waals surface area contributed by atoms with Gasteiger partial charge in [0.05, 0.1) is 19.6 Å². The fraction of sp³-hybridized carbons (Fsp3) is 0.579. The predicted molar refractivity (Wildman–Crippen MR) is 97.3 cm³/mol. The Balaban J connectivity index is 1.81. The van der Waals surface area contributed by atoms with Crippen molar-refractivity contribution < 1.29 is 23.8 Å². The second-order valence-corrected chi connectivity index (χ2v) is 7.29. The van der Waals surface area contributed by atoms with Crippen LogP contribution in [-0.2, 0) is 20.7 Å². The summed E-state index contributed by atoms with van der Waals surface area (Å²) in [6.07, 6.45) is -0.0533. The minimum atomic E-state index is -0.500. The van der Waals surface area contributed by atoms with Gasteiger partial charge in [-0.25, -0.2) is 4.79 Å². The van der Waals surface area contributed by atoms with Crippen LogP contribution in [0.4, 0.5) is 4.79 Å². The van der Waals surface area contributed by atoms with Crippen molar-refractivity contribution in [1.82, 2.24) is 10.2 Å². The number of hydrogen-bond acceptors (Lipinski definition) is 6. The Morgan fingerprint density at radius 2 is 1.92 bits per heavy atom. The Morgan fingerprint density at radius 1 is 1.23 bits per heavy atom. The van der Waals surface area contributed by atoms with Gasteiger partial charge in [0.15, 0.2) is 0 Å². The Bertz CT molecular complexity index is 609. The van der Waals surface area contributed by atoms with Gasteiger partial charge in [-0.2, -0.15) is 0 Å². The first-order chi connectivity index (χ1) is 12.3. The highest BCUT2D eigenvalue weighted by Gasteiger charge is 2.27. The summed E-state index contributed by atoms with van der Waals surface area (Å²) in [7, 11) is 1.37. The number of esters is 1. The molecule has 1 heterocycles. The van der Waals surface area contributed by atoms with Gasteiger partial charge >= 0.3 is 12.1 Å². The van der Waals surface area contributed by atoms with Crippen LogP contribution in [0.3, 0.4) is 0 Å². The van der Waals surface area contributed by atoms with Crippen LogP contribution in [0.2, 0.25) is 0 Å². The van der Waals surface area contributed by atoms with Crippen LogP contribution in [0.15, 0.2) is 24.3 Å². The summed E-state index contributed by atoms with van der Waals surface area (Å²) in [5, 5.41) is 3.35. The molecule has 7 nitrogen and oxygen atoms in total. The summed E-state index contributed by atoms with van der Waals surface area (Å²) in [6.45, 7) is 7.87. The number of rotatable bonds is 5. The van der Waals surface area contributed by atoms with E-state index in [1.165, 1.54) is 7.11 Å². The lowest BCUT2D eigenvalue weighted by Crippen LogP contribution is -2.55. The highest BCUT2D eigenvalue weighted by atomic mass is 16.6. The Labute approximate surface area is 154 Å². The van der Waals surface area contributed by atoms with E-state index in [9.17, 15) is 9.59 Å². The molecule has 0 radical (unpaired) electrons. The number of piperazine rings is 1. The van der Waals surface area contributed by atoms with E-state index in [-0.39, 0.29) is 24.5 Å². The summed E-state index contributed by atoms with van der Waals surface area (Å²) in [6, 6.07) is 7.37. The van der Waals surface area contributed by atoms with E-state index in [1.807, 2.05) is 45.0 Å². The van der Waals surface area contributed by atoms with Gasteiger partial charge in [-0.05, 0) is 38.5 Å². The summed E-state index contributed by atoms with van der Waals surface area (Å²) in [4.78, 5) is 25.2. The molecule has 1 atom stereocenters. The fourth-order valence-electron chi connectivity index (χ4n) is 2.57. The van der Waals surface area contributed by atoms with Crippen LogP contribution in [-0.4, -0.2) is 62.0 Å². The number of hydrogen-bond donors (Lipinski definition) is 1. The standard InChI is InChI=1S/C19H28N2O5/c1-19(2,3)26-18(23)21-10-9-20-15(12-21)13-25-16-7-5-14(6-8-16)11-17(22)24-4/h5-8,15,20H,9-13H2,1-4H3. The first-order valence-electron chi connectivity index (χ1n) is 8.76. The highest BCUT2D eigenvalue weighted by molar-refractivity contribution is 5.72. The van der Waals surface area contributed by atoms with Crippen molar-refractivity contribution in [2.45, 2.75) is 38.8 Å². The Hall–Kier alpha value is -2.28. The van der Waals surface area contributed by atoms with Crippen molar-refractivity contribution in [3.05, 3.63) is 29.8 Å². The van der Waals surface area contributed by atoms with Crippen molar-refractivity contribution in [3.8, 4) is 5.75 Å². The molecule has 1 aliphatic rings. The van der Waals surface area contributed by atoms with E-state index >= 15 is 0 Å². The average molecular weight is 364 g/mol. The molecule has 0 bridgehead atoms. The highest BCUT2D eigenvalue weighted by Crippen LogP contribution is 2.15. The third kappa shape index (κ3) is 6.55. The number of nitrogens with one attached hydrogen (secondary N) is 1. The van der Waals surface area contributed by atoms with Gasteiger partial charge in [0.1, 0.15) is 18.0 Å². The molecule has 7 heteroatoms. The number of methoxy groups -OCH3 is 1. The third-order valence-electron chi connectivity index (χ3n) is 3.86. The molecule has 1 N–H and O–H groups in total. The predicted octanol–water partition coefficient (Wildman–Crippen LogP) is 1.99. The lowest BCUT2D eigenvalue weighted by Gasteiger charge is -2.34. The van der Waals surface area contributed by atoms with E-state index in [0.29, 0.717) is 26.2 Å². The van der Waals surface area contributed by atoms with Gasteiger partial charge in [0, 0.05) is 19.6 Å². The summed E-state index contributed by atoms with van der Waals surface area (Å²) >= 11 is 0. The molecule has 0 saturated carbocycles. The SMILES string of the molecule is COC(=O)Cc1ccc(OCC2CN(C(=O)OC(C)(C)C)CCN2)cc1. The zero-order chi connectivity index (χ0) is 19.2. The maximum absolute atomic E-state index is 12.2. The normalized spacial score (nSPS) is 17.5. The van der Waals surface area contributed by atoms with E-state index in [0.717, 1.165) is 11.3 Å². The molecule has 2 rings (SSSR count). The minimum Gasteiger partial charge on any atom is -0.492 e. The van der Waals surface area contributed by atoms with Crippen molar-refractivity contribution in [1.29, 1.82) is 0 Å². The van der Waals surface area contributed by atoms with E-state index in [1.54, 1.807) is 4.90 Å². The van der Waals surface area contributed by atoms with Crippen LogP contribution in [0.25, 0.3) is 0 Å². The number of carbonyl (C=O) groups excluding carboxylic acids is 2. The molecule has 1 aromatic carbocycles. The number of carbonyl (C=O) groups is 2. The Morgan fingerprint density at radius 3 is 2.54 bits per heavy atom. The topological polar surface area (TPSA) is 77.1 Å². The quantitative estimate of drug-likeness (QED) is 0.805. The molecule has 1 aliphatic heterocycles. The molecule has 1 saturated heterocycles. The molecule has 1 unspecified atom stereocenters. The number of nitrogens with zero attached hydrogens (tertiary/aromatic N) is 1.